The molecule has 0 saturated carbocycles. The fourth-order valence-corrected chi connectivity index (χ4v) is 3.63. The summed E-state index contributed by atoms with van der Waals surface area (Å²) in [5.74, 6) is -5.32. The second-order valence-corrected chi connectivity index (χ2v) is 9.28. The minimum Gasteiger partial charge on any atom is -0.480 e. The third kappa shape index (κ3) is 14.3. The smallest absolute Gasteiger partial charge is 0.326 e. The van der Waals surface area contributed by atoms with Crippen molar-refractivity contribution in [1.29, 1.82) is 0 Å². The van der Waals surface area contributed by atoms with Gasteiger partial charge in [-0.2, -0.15) is 0 Å². The van der Waals surface area contributed by atoms with Gasteiger partial charge in [0, 0.05) is 25.8 Å². The SMILES string of the molecule is NC(=O)CCC(N)C(=O)NC(CCC(N)=O)C(=O)NC(CCCN=C(N)N)C(=O)NC(Cc1ccccc1)C(=O)O. The van der Waals surface area contributed by atoms with Crippen LogP contribution in [0.2, 0.25) is 0 Å². The minimum absolute atomic E-state index is 0.000636. The number of nitrogens with one attached hydrogen (secondary N) is 3. The average Bonchev–Trinajstić information content (AvgIpc) is 2.90. The molecule has 1 rings (SSSR count). The highest BCUT2D eigenvalue weighted by atomic mass is 16.4. The van der Waals surface area contributed by atoms with Crippen molar-refractivity contribution in [3.8, 4) is 0 Å². The highest BCUT2D eigenvalue weighted by Gasteiger charge is 2.30. The zero-order chi connectivity index (χ0) is 30.9. The van der Waals surface area contributed by atoms with E-state index in [0.717, 1.165) is 0 Å². The molecule has 0 heterocycles. The van der Waals surface area contributed by atoms with Crippen LogP contribution in [0.15, 0.2) is 35.3 Å². The summed E-state index contributed by atoms with van der Waals surface area (Å²) in [4.78, 5) is 77.0. The molecule has 41 heavy (non-hydrogen) atoms. The van der Waals surface area contributed by atoms with Crippen LogP contribution in [-0.2, 0) is 35.2 Å². The number of aliphatic imine (C=N–C) groups is 1. The molecule has 4 unspecified atom stereocenters. The van der Waals surface area contributed by atoms with Crippen molar-refractivity contribution in [1.82, 2.24) is 16.0 Å². The molecule has 1 aromatic rings. The molecule has 16 nitrogen and oxygen atoms in total. The number of aliphatic carboxylic acids is 1. The maximum Gasteiger partial charge on any atom is 0.326 e. The largest absolute Gasteiger partial charge is 0.480 e. The van der Waals surface area contributed by atoms with E-state index in [-0.39, 0.29) is 57.5 Å². The minimum atomic E-state index is -1.33. The first-order valence-electron chi connectivity index (χ1n) is 12.9. The Labute approximate surface area is 236 Å². The summed E-state index contributed by atoms with van der Waals surface area (Å²) < 4.78 is 0. The van der Waals surface area contributed by atoms with Crippen molar-refractivity contribution < 1.29 is 33.9 Å². The number of rotatable bonds is 19. The number of carbonyl (C=O) groups excluding carboxylic acids is 5. The van der Waals surface area contributed by atoms with E-state index in [1.165, 1.54) is 0 Å². The van der Waals surface area contributed by atoms with Crippen molar-refractivity contribution in [2.24, 2.45) is 33.7 Å². The number of hydrogen-bond acceptors (Lipinski definition) is 8. The summed E-state index contributed by atoms with van der Waals surface area (Å²) in [6.45, 7) is 0.116. The summed E-state index contributed by atoms with van der Waals surface area (Å²) in [5.41, 5.74) is 27.4. The molecule has 226 valence electrons. The Morgan fingerprint density at radius 2 is 1.24 bits per heavy atom. The van der Waals surface area contributed by atoms with Crippen LogP contribution in [0.25, 0.3) is 0 Å². The number of carbonyl (C=O) groups is 6. The Morgan fingerprint density at radius 3 is 1.78 bits per heavy atom. The maximum atomic E-state index is 13.2. The van der Waals surface area contributed by atoms with Crippen molar-refractivity contribution in [2.75, 3.05) is 6.54 Å². The second-order valence-electron chi connectivity index (χ2n) is 9.28. The number of primary amides is 2. The van der Waals surface area contributed by atoms with E-state index in [0.29, 0.717) is 5.56 Å². The van der Waals surface area contributed by atoms with E-state index in [9.17, 15) is 33.9 Å². The molecule has 14 N–H and O–H groups in total. The van der Waals surface area contributed by atoms with Gasteiger partial charge in [-0.3, -0.25) is 29.0 Å². The predicted molar refractivity (Wildman–Crippen MR) is 148 cm³/mol. The number of nitrogens with zero attached hydrogens (tertiary/aromatic N) is 1. The van der Waals surface area contributed by atoms with Gasteiger partial charge >= 0.3 is 5.97 Å². The van der Waals surface area contributed by atoms with Gasteiger partial charge in [-0.1, -0.05) is 30.3 Å². The van der Waals surface area contributed by atoms with E-state index in [1.54, 1.807) is 30.3 Å². The van der Waals surface area contributed by atoms with E-state index in [4.69, 9.17) is 28.7 Å². The van der Waals surface area contributed by atoms with Crippen LogP contribution in [0.5, 0.6) is 0 Å². The van der Waals surface area contributed by atoms with Gasteiger partial charge in [0.15, 0.2) is 5.96 Å². The van der Waals surface area contributed by atoms with E-state index in [1.807, 2.05) is 0 Å². The highest BCUT2D eigenvalue weighted by molar-refractivity contribution is 5.94. The lowest BCUT2D eigenvalue weighted by molar-refractivity contribution is -0.142. The molecule has 0 spiro atoms. The quantitative estimate of drug-likeness (QED) is 0.0447. The fourth-order valence-electron chi connectivity index (χ4n) is 3.63. The molecule has 0 aliphatic carbocycles. The number of amides is 5. The van der Waals surface area contributed by atoms with Crippen molar-refractivity contribution in [2.45, 2.75) is 69.1 Å². The number of carboxylic acid groups (broad SMARTS) is 1. The first-order chi connectivity index (χ1) is 19.3. The maximum absolute atomic E-state index is 13.2. The molecule has 0 aromatic heterocycles. The average molecular weight is 578 g/mol. The summed E-state index contributed by atoms with van der Waals surface area (Å²) >= 11 is 0. The van der Waals surface area contributed by atoms with Gasteiger partial charge in [-0.05, 0) is 31.2 Å². The molecule has 5 amide bonds. The van der Waals surface area contributed by atoms with Crippen molar-refractivity contribution in [3.63, 3.8) is 0 Å². The molecular formula is C25H39N9O7. The number of carboxylic acids is 1. The molecule has 0 aliphatic heterocycles. The normalized spacial score (nSPS) is 13.5. The van der Waals surface area contributed by atoms with Gasteiger partial charge in [0.05, 0.1) is 6.04 Å². The summed E-state index contributed by atoms with van der Waals surface area (Å²) in [5, 5.41) is 17.0. The Hall–Kier alpha value is -4.73. The number of nitrogens with two attached hydrogens (primary N) is 5. The first-order valence-corrected chi connectivity index (χ1v) is 12.9. The molecule has 0 bridgehead atoms. The first kappa shape index (κ1) is 34.3. The monoisotopic (exact) mass is 577 g/mol. The Kier molecular flexibility index (Phi) is 14.9. The number of guanidine groups is 1. The van der Waals surface area contributed by atoms with Gasteiger partial charge in [-0.15, -0.1) is 0 Å². The Bertz CT molecular complexity index is 1090. The fraction of sp³-hybridized carbons (Fsp3) is 0.480. The zero-order valence-corrected chi connectivity index (χ0v) is 22.6. The van der Waals surface area contributed by atoms with Crippen molar-refractivity contribution in [3.05, 3.63) is 35.9 Å². The van der Waals surface area contributed by atoms with E-state index in [2.05, 4.69) is 20.9 Å². The molecule has 0 radical (unpaired) electrons. The third-order valence-electron chi connectivity index (χ3n) is 5.83. The van der Waals surface area contributed by atoms with Crippen molar-refractivity contribution >= 4 is 41.5 Å². The summed E-state index contributed by atoms with van der Waals surface area (Å²) in [6.07, 6.45) is -0.545. The summed E-state index contributed by atoms with van der Waals surface area (Å²) in [7, 11) is 0. The lowest BCUT2D eigenvalue weighted by Crippen LogP contribution is -2.57. The second kappa shape index (κ2) is 17.8. The molecule has 1 aromatic carbocycles. The van der Waals surface area contributed by atoms with Crippen LogP contribution in [-0.4, -0.2) is 77.3 Å². The van der Waals surface area contributed by atoms with Crippen LogP contribution in [0, 0.1) is 0 Å². The zero-order valence-electron chi connectivity index (χ0n) is 22.6. The van der Waals surface area contributed by atoms with Gasteiger partial charge < -0.3 is 49.7 Å². The molecule has 4 atom stereocenters. The molecular weight excluding hydrogens is 538 g/mol. The topological polar surface area (TPSA) is 301 Å². The van der Waals surface area contributed by atoms with Gasteiger partial charge in [0.1, 0.15) is 18.1 Å². The molecule has 16 heteroatoms. The van der Waals surface area contributed by atoms with Crippen LogP contribution in [0.1, 0.15) is 44.1 Å². The lowest BCUT2D eigenvalue weighted by Gasteiger charge is -2.25. The highest BCUT2D eigenvalue weighted by Crippen LogP contribution is 2.07. The van der Waals surface area contributed by atoms with Crippen LogP contribution >= 0.6 is 0 Å². The number of hydrogen-bond donors (Lipinski definition) is 9. The standard InChI is InChI=1S/C25H39N9O7/c26-15(8-10-19(27)35)21(37)32-17(9-11-20(28)36)23(39)33-16(7-4-12-31-25(29)30)22(38)34-18(24(40)41)13-14-5-2-1-3-6-14/h1-3,5-6,15-18H,4,7-13,26H2,(H2,27,35)(H2,28,36)(H,32,37)(H,33,39)(H,34,38)(H,40,41)(H4,29,30,31). The Morgan fingerprint density at radius 1 is 0.732 bits per heavy atom. The predicted octanol–water partition coefficient (Wildman–Crippen LogP) is -3.32. The van der Waals surface area contributed by atoms with Gasteiger partial charge in [-0.25, -0.2) is 4.79 Å². The molecule has 0 saturated heterocycles. The summed E-state index contributed by atoms with van der Waals surface area (Å²) in [6, 6.07) is 3.54. The third-order valence-corrected chi connectivity index (χ3v) is 5.83. The van der Waals surface area contributed by atoms with Gasteiger partial charge in [0.25, 0.3) is 0 Å². The van der Waals surface area contributed by atoms with E-state index < -0.39 is 59.7 Å². The van der Waals surface area contributed by atoms with Crippen LogP contribution < -0.4 is 44.6 Å². The van der Waals surface area contributed by atoms with Crippen LogP contribution in [0.4, 0.5) is 0 Å². The van der Waals surface area contributed by atoms with Gasteiger partial charge in [0.2, 0.25) is 29.5 Å². The van der Waals surface area contributed by atoms with E-state index >= 15 is 0 Å². The molecule has 0 fully saturated rings. The van der Waals surface area contributed by atoms with Crippen LogP contribution in [0.3, 0.4) is 0 Å². The Balaban J connectivity index is 3.09. The number of benzene rings is 1. The molecule has 0 aliphatic rings. The lowest BCUT2D eigenvalue weighted by atomic mass is 10.0.